The molecule has 2 aliphatic rings. The van der Waals surface area contributed by atoms with Gasteiger partial charge in [0, 0.05) is 12.6 Å². The summed E-state index contributed by atoms with van der Waals surface area (Å²) in [6, 6.07) is 6.01. The largest absolute Gasteiger partial charge is 0.314 e. The first-order chi connectivity index (χ1) is 9.56. The van der Waals surface area contributed by atoms with Crippen molar-refractivity contribution >= 4 is 11.8 Å². The van der Waals surface area contributed by atoms with Gasteiger partial charge in [0.15, 0.2) is 0 Å². The average Bonchev–Trinajstić information content (AvgIpc) is 2.66. The second-order valence-corrected chi connectivity index (χ2v) is 6.02. The molecule has 4 nitrogen and oxygen atoms in total. The van der Waals surface area contributed by atoms with E-state index in [1.54, 1.807) is 6.07 Å². The van der Waals surface area contributed by atoms with Gasteiger partial charge in [-0.25, -0.2) is 0 Å². The molecule has 0 saturated carbocycles. The SMILES string of the molecule is Cc1ccc2c(c1)C(=O)N(CC1CCC(C)NC1)C2=O. The zero-order valence-corrected chi connectivity index (χ0v) is 12.0. The van der Waals surface area contributed by atoms with Gasteiger partial charge in [0.1, 0.15) is 0 Å². The summed E-state index contributed by atoms with van der Waals surface area (Å²) in [4.78, 5) is 26.1. The fourth-order valence-electron chi connectivity index (χ4n) is 3.04. The first-order valence-electron chi connectivity index (χ1n) is 7.26. The van der Waals surface area contributed by atoms with E-state index in [9.17, 15) is 9.59 Å². The Hall–Kier alpha value is -1.68. The maximum atomic E-state index is 12.4. The van der Waals surface area contributed by atoms with E-state index in [0.717, 1.165) is 24.9 Å². The monoisotopic (exact) mass is 272 g/mol. The van der Waals surface area contributed by atoms with E-state index >= 15 is 0 Å². The second kappa shape index (κ2) is 5.02. The minimum atomic E-state index is -0.136. The molecule has 0 aliphatic carbocycles. The highest BCUT2D eigenvalue weighted by Gasteiger charge is 2.37. The molecule has 2 aliphatic heterocycles. The third-order valence-corrected chi connectivity index (χ3v) is 4.33. The van der Waals surface area contributed by atoms with E-state index in [1.807, 2.05) is 19.1 Å². The molecule has 1 N–H and O–H groups in total. The number of carbonyl (C=O) groups is 2. The molecule has 1 saturated heterocycles. The number of hydrogen-bond acceptors (Lipinski definition) is 3. The van der Waals surface area contributed by atoms with Crippen LogP contribution < -0.4 is 5.32 Å². The first kappa shape index (κ1) is 13.3. The summed E-state index contributed by atoms with van der Waals surface area (Å²) >= 11 is 0. The van der Waals surface area contributed by atoms with E-state index < -0.39 is 0 Å². The van der Waals surface area contributed by atoms with Gasteiger partial charge in [-0.15, -0.1) is 0 Å². The van der Waals surface area contributed by atoms with E-state index in [2.05, 4.69) is 12.2 Å². The molecule has 1 aromatic rings. The van der Waals surface area contributed by atoms with Gasteiger partial charge in [0.25, 0.3) is 11.8 Å². The molecule has 2 heterocycles. The summed E-state index contributed by atoms with van der Waals surface area (Å²) < 4.78 is 0. The van der Waals surface area contributed by atoms with Crippen molar-refractivity contribution in [2.24, 2.45) is 5.92 Å². The fraction of sp³-hybridized carbons (Fsp3) is 0.500. The molecule has 2 unspecified atom stereocenters. The van der Waals surface area contributed by atoms with Crippen LogP contribution in [0.3, 0.4) is 0 Å². The molecule has 1 aromatic carbocycles. The summed E-state index contributed by atoms with van der Waals surface area (Å²) in [5.41, 5.74) is 2.13. The maximum Gasteiger partial charge on any atom is 0.261 e. The van der Waals surface area contributed by atoms with Crippen LogP contribution in [0.4, 0.5) is 0 Å². The third kappa shape index (κ3) is 2.24. The normalized spacial score (nSPS) is 26.0. The third-order valence-electron chi connectivity index (χ3n) is 4.33. The number of imide groups is 1. The number of aryl methyl sites for hydroxylation is 1. The minimum absolute atomic E-state index is 0.132. The van der Waals surface area contributed by atoms with Crippen molar-refractivity contribution in [3.8, 4) is 0 Å². The number of carbonyl (C=O) groups excluding carboxylic acids is 2. The van der Waals surface area contributed by atoms with E-state index in [0.29, 0.717) is 29.6 Å². The molecule has 2 atom stereocenters. The fourth-order valence-corrected chi connectivity index (χ4v) is 3.04. The number of fused-ring (bicyclic) bond motifs is 1. The zero-order valence-electron chi connectivity index (χ0n) is 12.0. The molecule has 0 bridgehead atoms. The standard InChI is InChI=1S/C16H20N2O2/c1-10-3-6-13-14(7-10)16(20)18(15(13)19)9-12-5-4-11(2)17-8-12/h3,6-7,11-12,17H,4-5,8-9H2,1-2H3. The molecule has 4 heteroatoms. The zero-order chi connectivity index (χ0) is 14.3. The molecule has 0 radical (unpaired) electrons. The van der Waals surface area contributed by atoms with Gasteiger partial charge in [-0.2, -0.15) is 0 Å². The minimum Gasteiger partial charge on any atom is -0.314 e. The highest BCUT2D eigenvalue weighted by atomic mass is 16.2. The number of nitrogens with one attached hydrogen (secondary N) is 1. The Kier molecular flexibility index (Phi) is 3.34. The van der Waals surface area contributed by atoms with Crippen LogP contribution in [-0.4, -0.2) is 35.8 Å². The van der Waals surface area contributed by atoms with Crippen LogP contribution in [0.2, 0.25) is 0 Å². The van der Waals surface area contributed by atoms with E-state index in [-0.39, 0.29) is 11.8 Å². The van der Waals surface area contributed by atoms with Crippen LogP contribution in [0.15, 0.2) is 18.2 Å². The topological polar surface area (TPSA) is 49.4 Å². The Balaban J connectivity index is 1.76. The number of piperidine rings is 1. The lowest BCUT2D eigenvalue weighted by atomic mass is 9.95. The predicted octanol–water partition coefficient (Wildman–Crippen LogP) is 1.98. The maximum absolute atomic E-state index is 12.4. The van der Waals surface area contributed by atoms with Gasteiger partial charge in [0.05, 0.1) is 11.1 Å². The smallest absolute Gasteiger partial charge is 0.261 e. The van der Waals surface area contributed by atoms with Crippen molar-refractivity contribution in [3.05, 3.63) is 34.9 Å². The van der Waals surface area contributed by atoms with Crippen LogP contribution in [-0.2, 0) is 0 Å². The van der Waals surface area contributed by atoms with Gasteiger partial charge >= 0.3 is 0 Å². The summed E-state index contributed by atoms with van der Waals surface area (Å²) in [5, 5.41) is 3.42. The van der Waals surface area contributed by atoms with Gasteiger partial charge in [-0.05, 0) is 51.3 Å². The van der Waals surface area contributed by atoms with Crippen LogP contribution in [0, 0.1) is 12.8 Å². The Labute approximate surface area is 119 Å². The van der Waals surface area contributed by atoms with Gasteiger partial charge < -0.3 is 5.32 Å². The summed E-state index contributed by atoms with van der Waals surface area (Å²) in [7, 11) is 0. The van der Waals surface area contributed by atoms with Crippen LogP contribution in [0.25, 0.3) is 0 Å². The van der Waals surface area contributed by atoms with Gasteiger partial charge in [-0.3, -0.25) is 14.5 Å². The lowest BCUT2D eigenvalue weighted by molar-refractivity contribution is 0.0618. The first-order valence-corrected chi connectivity index (χ1v) is 7.26. The van der Waals surface area contributed by atoms with E-state index in [1.165, 1.54) is 4.90 Å². The van der Waals surface area contributed by atoms with Crippen molar-refractivity contribution in [2.45, 2.75) is 32.7 Å². The number of benzene rings is 1. The van der Waals surface area contributed by atoms with Crippen LogP contribution in [0.5, 0.6) is 0 Å². The highest BCUT2D eigenvalue weighted by Crippen LogP contribution is 2.26. The molecular weight excluding hydrogens is 252 g/mol. The lowest BCUT2D eigenvalue weighted by Gasteiger charge is -2.29. The molecule has 0 spiro atoms. The van der Waals surface area contributed by atoms with Crippen LogP contribution in [0.1, 0.15) is 46.0 Å². The molecule has 20 heavy (non-hydrogen) atoms. The van der Waals surface area contributed by atoms with E-state index in [4.69, 9.17) is 0 Å². The highest BCUT2D eigenvalue weighted by molar-refractivity contribution is 6.21. The van der Waals surface area contributed by atoms with Crippen molar-refractivity contribution in [1.29, 1.82) is 0 Å². The van der Waals surface area contributed by atoms with Crippen molar-refractivity contribution in [3.63, 3.8) is 0 Å². The Morgan fingerprint density at radius 1 is 1.20 bits per heavy atom. The number of amides is 2. The molecule has 3 rings (SSSR count). The Morgan fingerprint density at radius 2 is 1.95 bits per heavy atom. The van der Waals surface area contributed by atoms with Gasteiger partial charge in [-0.1, -0.05) is 11.6 Å². The number of nitrogens with zero attached hydrogens (tertiary/aromatic N) is 1. The second-order valence-electron chi connectivity index (χ2n) is 6.02. The number of hydrogen-bond donors (Lipinski definition) is 1. The summed E-state index contributed by atoms with van der Waals surface area (Å²) in [6.45, 7) is 5.52. The summed E-state index contributed by atoms with van der Waals surface area (Å²) in [5.74, 6) is 0.102. The van der Waals surface area contributed by atoms with Crippen molar-refractivity contribution in [1.82, 2.24) is 10.2 Å². The number of rotatable bonds is 2. The molecule has 2 amide bonds. The van der Waals surface area contributed by atoms with Crippen molar-refractivity contribution < 1.29 is 9.59 Å². The Bertz CT molecular complexity index is 560. The Morgan fingerprint density at radius 3 is 2.65 bits per heavy atom. The lowest BCUT2D eigenvalue weighted by Crippen LogP contribution is -2.43. The van der Waals surface area contributed by atoms with Crippen molar-refractivity contribution in [2.75, 3.05) is 13.1 Å². The summed E-state index contributed by atoms with van der Waals surface area (Å²) in [6.07, 6.45) is 2.17. The average molecular weight is 272 g/mol. The quantitative estimate of drug-likeness (QED) is 0.838. The van der Waals surface area contributed by atoms with Crippen LogP contribution >= 0.6 is 0 Å². The molecule has 106 valence electrons. The molecule has 0 aromatic heterocycles. The molecule has 1 fully saturated rings. The predicted molar refractivity (Wildman–Crippen MR) is 76.7 cm³/mol. The van der Waals surface area contributed by atoms with Gasteiger partial charge in [0.2, 0.25) is 0 Å². The molecular formula is C16H20N2O2.